The number of nitrogens with zero attached hydrogens (tertiary/aromatic N) is 1. The van der Waals surface area contributed by atoms with Crippen molar-refractivity contribution in [1.82, 2.24) is 0 Å². The van der Waals surface area contributed by atoms with Crippen molar-refractivity contribution in [1.29, 1.82) is 0 Å². The Bertz CT molecular complexity index is 1410. The van der Waals surface area contributed by atoms with Gasteiger partial charge in [-0.3, -0.25) is 9.79 Å². The summed E-state index contributed by atoms with van der Waals surface area (Å²) in [6.45, 7) is 5.84. The third-order valence-corrected chi connectivity index (χ3v) is 11.5. The minimum Gasteiger partial charge on any atom is -0.465 e. The van der Waals surface area contributed by atoms with E-state index in [1.165, 1.54) is 12.1 Å². The molecule has 6 atom stereocenters. The second kappa shape index (κ2) is 11.5. The third-order valence-electron chi connectivity index (χ3n) is 9.67. The van der Waals surface area contributed by atoms with Crippen LogP contribution in [0.5, 0.6) is 0 Å². The van der Waals surface area contributed by atoms with E-state index < -0.39 is 35.8 Å². The summed E-state index contributed by atoms with van der Waals surface area (Å²) in [7, 11) is 0. The van der Waals surface area contributed by atoms with E-state index >= 15 is 13.2 Å². The molecule has 0 N–H and O–H groups in total. The van der Waals surface area contributed by atoms with Gasteiger partial charge < -0.3 is 4.74 Å². The van der Waals surface area contributed by atoms with E-state index in [2.05, 4.69) is 41.7 Å². The van der Waals surface area contributed by atoms with Gasteiger partial charge in [-0.1, -0.05) is 68.1 Å². The smallest absolute Gasteiger partial charge is 0.401 e. The maximum absolute atomic E-state index is 15.3. The predicted octanol–water partition coefficient (Wildman–Crippen LogP) is 10.1. The second-order valence-electron chi connectivity index (χ2n) is 12.5. The third kappa shape index (κ3) is 5.41. The van der Waals surface area contributed by atoms with Gasteiger partial charge in [0.2, 0.25) is 0 Å². The van der Waals surface area contributed by atoms with Crippen LogP contribution in [0.25, 0.3) is 0 Å². The summed E-state index contributed by atoms with van der Waals surface area (Å²) >= 11 is 21.5. The number of hydrogen-bond acceptors (Lipinski definition) is 3. The second-order valence-corrected chi connectivity index (χ2v) is 14.5. The van der Waals surface area contributed by atoms with Crippen molar-refractivity contribution < 1.29 is 27.1 Å². The minimum atomic E-state index is -4.97. The Hall–Kier alpha value is -1.35. The lowest BCUT2D eigenvalue weighted by Gasteiger charge is -2.39. The van der Waals surface area contributed by atoms with Crippen LogP contribution in [-0.4, -0.2) is 31.0 Å². The van der Waals surface area contributed by atoms with Crippen LogP contribution in [0.2, 0.25) is 15.1 Å². The van der Waals surface area contributed by atoms with Gasteiger partial charge in [-0.2, -0.15) is 13.2 Å². The molecule has 2 saturated carbocycles. The zero-order valence-corrected chi connectivity index (χ0v) is 27.2. The first-order valence-electron chi connectivity index (χ1n) is 14.0. The van der Waals surface area contributed by atoms with E-state index in [1.807, 2.05) is 0 Å². The lowest BCUT2D eigenvalue weighted by atomic mass is 9.66. The molecule has 2 fully saturated rings. The highest BCUT2D eigenvalue weighted by atomic mass is 79.9. The van der Waals surface area contributed by atoms with Crippen molar-refractivity contribution in [2.75, 3.05) is 13.2 Å². The number of hydrogen-bond donors (Lipinski definition) is 0. The molecular weight excluding hydrogens is 681 g/mol. The average molecular weight is 712 g/mol. The standard InChI is InChI=1S/C31H31BrCl3F4NO2/c1-15(2)20-6-4-16(3)11-29(20)12-19(29)13-42-28(41)25-27(17-5-7-24(36)21(32)8-17)40-14-30(25,31(37,38)39)18-9-22(33)26(35)23(34)10-18/h5,7-10,15-16,19-20,25H,4,6,11-14H2,1-3H3/t16-,19+,20+,25?,29?,30?/m1/s1. The van der Waals surface area contributed by atoms with Gasteiger partial charge in [0, 0.05) is 0 Å². The molecular formula is C31H31BrCl3F4NO2. The molecule has 228 valence electrons. The van der Waals surface area contributed by atoms with Crippen LogP contribution >= 0.6 is 50.7 Å². The summed E-state index contributed by atoms with van der Waals surface area (Å²) < 4.78 is 65.9. The van der Waals surface area contributed by atoms with Crippen LogP contribution < -0.4 is 0 Å². The molecule has 2 aromatic rings. The molecule has 0 aromatic heterocycles. The maximum Gasteiger partial charge on any atom is 0.401 e. The summed E-state index contributed by atoms with van der Waals surface area (Å²) in [5.41, 5.74) is -3.11. The van der Waals surface area contributed by atoms with Gasteiger partial charge in [0.25, 0.3) is 0 Å². The fourth-order valence-corrected chi connectivity index (χ4v) is 8.56. The summed E-state index contributed by atoms with van der Waals surface area (Å²) in [4.78, 5) is 18.2. The SMILES string of the molecule is CC(C)[C@@H]1CC[C@@H](C)CC12C[C@H]2COC(=O)C1C(c2ccc(F)c(Br)c2)=NCC1(c1cc(Cl)c(Cl)c(Cl)c1)C(F)(F)F. The van der Waals surface area contributed by atoms with Crippen molar-refractivity contribution in [2.24, 2.45) is 40.0 Å². The fourth-order valence-electron chi connectivity index (χ4n) is 7.59. The van der Waals surface area contributed by atoms with E-state index in [9.17, 15) is 9.18 Å². The molecule has 5 rings (SSSR count). The Morgan fingerprint density at radius 3 is 2.38 bits per heavy atom. The van der Waals surface area contributed by atoms with Gasteiger partial charge in [-0.25, -0.2) is 4.39 Å². The van der Waals surface area contributed by atoms with Crippen LogP contribution in [0.15, 0.2) is 39.8 Å². The minimum absolute atomic E-state index is 0.0295. The van der Waals surface area contributed by atoms with Gasteiger partial charge >= 0.3 is 12.1 Å². The first kappa shape index (κ1) is 32.1. The van der Waals surface area contributed by atoms with Gasteiger partial charge in [-0.05, 0) is 99.7 Å². The first-order valence-corrected chi connectivity index (χ1v) is 15.9. The summed E-state index contributed by atoms with van der Waals surface area (Å²) in [6.07, 6.45) is -0.825. The van der Waals surface area contributed by atoms with Crippen LogP contribution in [0.4, 0.5) is 17.6 Å². The molecule has 0 saturated heterocycles. The topological polar surface area (TPSA) is 38.7 Å². The lowest BCUT2D eigenvalue weighted by Crippen LogP contribution is -2.53. The number of halogens is 8. The van der Waals surface area contributed by atoms with Gasteiger partial charge in [0.15, 0.2) is 0 Å². The van der Waals surface area contributed by atoms with Crippen molar-refractivity contribution in [3.63, 3.8) is 0 Å². The predicted molar refractivity (Wildman–Crippen MR) is 161 cm³/mol. The van der Waals surface area contributed by atoms with Crippen LogP contribution in [-0.2, 0) is 14.9 Å². The maximum atomic E-state index is 15.3. The summed E-state index contributed by atoms with van der Waals surface area (Å²) in [6, 6.07) is 5.89. The number of alkyl halides is 3. The Balaban J connectivity index is 1.53. The molecule has 1 spiro atoms. The highest BCUT2D eigenvalue weighted by Gasteiger charge is 2.67. The zero-order valence-electron chi connectivity index (χ0n) is 23.3. The van der Waals surface area contributed by atoms with E-state index in [-0.39, 0.29) is 54.3 Å². The van der Waals surface area contributed by atoms with E-state index in [0.29, 0.717) is 17.8 Å². The van der Waals surface area contributed by atoms with Crippen LogP contribution in [0.1, 0.15) is 57.6 Å². The Labute approximate surface area is 266 Å². The normalized spacial score (nSPS) is 31.0. The Morgan fingerprint density at radius 1 is 1.12 bits per heavy atom. The van der Waals surface area contributed by atoms with Crippen LogP contribution in [0.3, 0.4) is 0 Å². The van der Waals surface area contributed by atoms with Crippen molar-refractivity contribution in [3.05, 3.63) is 66.8 Å². The molecule has 0 radical (unpaired) electrons. The average Bonchev–Trinajstić information content (AvgIpc) is 3.39. The van der Waals surface area contributed by atoms with Crippen LogP contribution in [0, 0.1) is 40.8 Å². The molecule has 3 nitrogen and oxygen atoms in total. The molecule has 0 amide bonds. The quantitative estimate of drug-likeness (QED) is 0.170. The summed E-state index contributed by atoms with van der Waals surface area (Å²) in [5, 5.41) is -0.460. The number of aliphatic imine (C=N–C) groups is 1. The summed E-state index contributed by atoms with van der Waals surface area (Å²) in [5.74, 6) is -1.97. The number of benzene rings is 2. The lowest BCUT2D eigenvalue weighted by molar-refractivity contribution is -0.201. The number of esters is 1. The van der Waals surface area contributed by atoms with Crippen molar-refractivity contribution in [3.8, 4) is 0 Å². The van der Waals surface area contributed by atoms with Gasteiger partial charge in [-0.15, -0.1) is 0 Å². The van der Waals surface area contributed by atoms with Crippen molar-refractivity contribution >= 4 is 62.4 Å². The number of carbonyl (C=O) groups excluding carboxylic acids is 1. The monoisotopic (exact) mass is 709 g/mol. The van der Waals surface area contributed by atoms with Gasteiger partial charge in [0.05, 0.1) is 38.4 Å². The number of carbonyl (C=O) groups is 1. The highest BCUT2D eigenvalue weighted by Crippen LogP contribution is 2.67. The fraction of sp³-hybridized carbons (Fsp3) is 0.548. The molecule has 11 heteroatoms. The molecule has 42 heavy (non-hydrogen) atoms. The Morgan fingerprint density at radius 2 is 1.79 bits per heavy atom. The molecule has 1 heterocycles. The van der Waals surface area contributed by atoms with E-state index in [4.69, 9.17) is 39.5 Å². The van der Waals surface area contributed by atoms with E-state index in [1.54, 1.807) is 0 Å². The molecule has 1 aliphatic heterocycles. The molecule has 3 unspecified atom stereocenters. The van der Waals surface area contributed by atoms with E-state index in [0.717, 1.165) is 43.9 Å². The number of ether oxygens (including phenoxy) is 1. The van der Waals surface area contributed by atoms with Gasteiger partial charge in [0.1, 0.15) is 17.2 Å². The van der Waals surface area contributed by atoms with Crippen molar-refractivity contribution in [2.45, 2.75) is 58.0 Å². The molecule has 3 aliphatic rings. The zero-order chi connectivity index (χ0) is 30.8. The molecule has 0 bridgehead atoms. The largest absolute Gasteiger partial charge is 0.465 e. The molecule has 2 aliphatic carbocycles. The number of rotatable bonds is 6. The molecule has 2 aromatic carbocycles. The first-order chi connectivity index (χ1) is 19.6. The highest BCUT2D eigenvalue weighted by molar-refractivity contribution is 9.10. The Kier molecular flexibility index (Phi) is 8.81.